The van der Waals surface area contributed by atoms with E-state index in [9.17, 15) is 25.2 Å². The molecule has 1 unspecified atom stereocenters. The lowest BCUT2D eigenvalue weighted by Gasteiger charge is -2.15. The molecule has 4 N–H and O–H groups in total. The molecule has 3 heterocycles. The number of aromatic carboxylic acids is 1. The molecule has 3 aromatic heterocycles. The number of nitrogens with two attached hydrogens (primary N) is 1. The smallest absolute Gasteiger partial charge is 0.336 e. The number of para-hydroxylation sites is 1. The summed E-state index contributed by atoms with van der Waals surface area (Å²) in [4.78, 5) is 34.5. The second-order valence-electron chi connectivity index (χ2n) is 8.83. The molecule has 0 aliphatic carbocycles. The number of thioether (sulfide) groups is 1. The van der Waals surface area contributed by atoms with Crippen LogP contribution >= 0.6 is 23.1 Å². The Morgan fingerprint density at radius 2 is 1.76 bits per heavy atom. The second-order valence-corrected chi connectivity index (χ2v) is 11.1. The van der Waals surface area contributed by atoms with Gasteiger partial charge in [0.15, 0.2) is 0 Å². The molecule has 200 valence electrons. The van der Waals surface area contributed by atoms with Crippen molar-refractivity contribution in [3.05, 3.63) is 88.8 Å². The molecule has 0 radical (unpaired) electrons. The van der Waals surface area contributed by atoms with E-state index < -0.39 is 11.2 Å². The summed E-state index contributed by atoms with van der Waals surface area (Å²) in [5.74, 6) is -1.37. The molecule has 0 aliphatic rings. The highest BCUT2D eigenvalue weighted by atomic mass is 32.2. The van der Waals surface area contributed by atoms with E-state index in [0.717, 1.165) is 11.8 Å². The van der Waals surface area contributed by atoms with Crippen LogP contribution in [-0.2, 0) is 4.79 Å². The molecule has 5 rings (SSSR count). The number of thiophene rings is 1. The average Bonchev–Trinajstić information content (AvgIpc) is 3.51. The molecule has 11 heteroatoms. The predicted octanol–water partition coefficient (Wildman–Crippen LogP) is 6.17. The number of nitriles is 2. The lowest BCUT2D eigenvalue weighted by molar-refractivity contribution is -0.115. The minimum Gasteiger partial charge on any atom is -0.478 e. The third-order valence-electron chi connectivity index (χ3n) is 6.24. The highest BCUT2D eigenvalue weighted by molar-refractivity contribution is 8.00. The minimum absolute atomic E-state index is 0.00560. The molecule has 41 heavy (non-hydrogen) atoms. The summed E-state index contributed by atoms with van der Waals surface area (Å²) in [6, 6.07) is 23.3. The fourth-order valence-electron chi connectivity index (χ4n) is 4.24. The zero-order chi connectivity index (χ0) is 29.1. The zero-order valence-electron chi connectivity index (χ0n) is 21.5. The fourth-order valence-corrected chi connectivity index (χ4v) is 5.94. The quantitative estimate of drug-likeness (QED) is 0.192. The van der Waals surface area contributed by atoms with Crippen LogP contribution in [0.25, 0.3) is 32.6 Å². The Balaban J connectivity index is 1.36. The van der Waals surface area contributed by atoms with Crippen molar-refractivity contribution < 1.29 is 14.7 Å². The van der Waals surface area contributed by atoms with E-state index in [1.165, 1.54) is 17.4 Å². The topological polar surface area (TPSA) is 166 Å². The van der Waals surface area contributed by atoms with Gasteiger partial charge in [-0.15, -0.1) is 11.3 Å². The summed E-state index contributed by atoms with van der Waals surface area (Å²) in [5, 5.41) is 34.1. The summed E-state index contributed by atoms with van der Waals surface area (Å²) >= 11 is 2.45. The Morgan fingerprint density at radius 3 is 2.41 bits per heavy atom. The van der Waals surface area contributed by atoms with E-state index >= 15 is 0 Å². The van der Waals surface area contributed by atoms with Gasteiger partial charge in [0.2, 0.25) is 5.91 Å². The number of nitrogen functional groups attached to an aromatic ring is 1. The number of rotatable bonds is 7. The lowest BCUT2D eigenvalue weighted by atomic mass is 10.0. The Bertz CT molecular complexity index is 1890. The monoisotopic (exact) mass is 576 g/mol. The number of fused-ring (bicyclic) bond motifs is 1. The van der Waals surface area contributed by atoms with Crippen molar-refractivity contribution in [2.45, 2.75) is 17.2 Å². The number of anilines is 2. The van der Waals surface area contributed by atoms with E-state index in [-0.39, 0.29) is 33.4 Å². The normalized spacial score (nSPS) is 11.4. The van der Waals surface area contributed by atoms with Gasteiger partial charge in [0.25, 0.3) is 0 Å². The molecular formula is C30H20N6O3S2. The first-order valence-electron chi connectivity index (χ1n) is 12.2. The summed E-state index contributed by atoms with van der Waals surface area (Å²) in [7, 11) is 0. The van der Waals surface area contributed by atoms with Crippen LogP contribution in [0.2, 0.25) is 0 Å². The van der Waals surface area contributed by atoms with Crippen LogP contribution < -0.4 is 11.1 Å². The van der Waals surface area contributed by atoms with E-state index in [4.69, 9.17) is 5.73 Å². The zero-order valence-corrected chi connectivity index (χ0v) is 23.1. The van der Waals surface area contributed by atoms with Gasteiger partial charge in [-0.25, -0.2) is 14.8 Å². The Labute approximate surface area is 242 Å². The largest absolute Gasteiger partial charge is 0.478 e. The average molecular weight is 577 g/mol. The predicted molar refractivity (Wildman–Crippen MR) is 159 cm³/mol. The third-order valence-corrected chi connectivity index (χ3v) is 8.21. The summed E-state index contributed by atoms with van der Waals surface area (Å²) < 4.78 is 0. The van der Waals surface area contributed by atoms with E-state index in [1.807, 2.05) is 17.5 Å². The van der Waals surface area contributed by atoms with Gasteiger partial charge < -0.3 is 16.2 Å². The Morgan fingerprint density at radius 1 is 1.02 bits per heavy atom. The number of nitrogens with one attached hydrogen (secondary N) is 1. The number of carbonyl (C=O) groups is 2. The van der Waals surface area contributed by atoms with Crippen LogP contribution in [-0.4, -0.2) is 32.2 Å². The van der Waals surface area contributed by atoms with Crippen molar-refractivity contribution in [1.29, 1.82) is 10.5 Å². The number of carbonyl (C=O) groups excluding carboxylic acids is 1. The number of hydrogen-bond acceptors (Lipinski definition) is 9. The molecule has 1 amide bonds. The summed E-state index contributed by atoms with van der Waals surface area (Å²) in [6.07, 6.45) is 0. The van der Waals surface area contributed by atoms with Crippen LogP contribution in [0.5, 0.6) is 0 Å². The molecule has 2 aromatic carbocycles. The molecule has 0 spiro atoms. The van der Waals surface area contributed by atoms with Crippen LogP contribution in [0.3, 0.4) is 0 Å². The van der Waals surface area contributed by atoms with Crippen molar-refractivity contribution in [2.24, 2.45) is 0 Å². The van der Waals surface area contributed by atoms with Crippen LogP contribution in [0, 0.1) is 22.7 Å². The van der Waals surface area contributed by atoms with E-state index in [1.54, 1.807) is 61.5 Å². The molecule has 0 bridgehead atoms. The van der Waals surface area contributed by atoms with Crippen molar-refractivity contribution in [3.63, 3.8) is 0 Å². The first-order chi connectivity index (χ1) is 19.8. The highest BCUT2D eigenvalue weighted by Gasteiger charge is 2.24. The number of carboxylic acids is 1. The van der Waals surface area contributed by atoms with Gasteiger partial charge in [-0.3, -0.25) is 4.79 Å². The molecular weight excluding hydrogens is 557 g/mol. The van der Waals surface area contributed by atoms with Crippen molar-refractivity contribution >= 4 is 57.4 Å². The number of nitrogens with zero attached hydrogens (tertiary/aromatic N) is 4. The van der Waals surface area contributed by atoms with Crippen molar-refractivity contribution in [1.82, 2.24) is 9.97 Å². The molecule has 5 aromatic rings. The number of hydrogen-bond donors (Lipinski definition) is 3. The standard InChI is InChI=1S/C30H20N6O3S2/c1-16(41-29-22(15-32)26(25-7-4-12-40-25)21(14-31)27(33)36-29)28(37)34-18-10-8-17(9-11-18)24-13-20(30(38)39)19-5-2-3-6-23(19)35-24/h2-13,16H,1H3,(H2,33,36)(H,34,37)(H,38,39). The van der Waals surface area contributed by atoms with Gasteiger partial charge in [0.05, 0.1) is 27.6 Å². The Kier molecular flexibility index (Phi) is 7.66. The van der Waals surface area contributed by atoms with Gasteiger partial charge in [0.1, 0.15) is 28.5 Å². The number of carboxylic acid groups (broad SMARTS) is 1. The van der Waals surface area contributed by atoms with Gasteiger partial charge >= 0.3 is 5.97 Å². The molecule has 0 saturated heterocycles. The van der Waals surface area contributed by atoms with Crippen molar-refractivity contribution in [3.8, 4) is 33.8 Å². The number of benzene rings is 2. The highest BCUT2D eigenvalue weighted by Crippen LogP contribution is 2.39. The first kappa shape index (κ1) is 27.3. The molecule has 1 atom stereocenters. The number of pyridine rings is 2. The van der Waals surface area contributed by atoms with Crippen LogP contribution in [0.15, 0.2) is 77.1 Å². The van der Waals surface area contributed by atoms with Crippen LogP contribution in [0.1, 0.15) is 28.4 Å². The molecule has 0 fully saturated rings. The molecule has 0 saturated carbocycles. The van der Waals surface area contributed by atoms with Gasteiger partial charge in [-0.05, 0) is 42.6 Å². The Hall–Kier alpha value is -5.23. The molecule has 9 nitrogen and oxygen atoms in total. The third kappa shape index (κ3) is 5.45. The summed E-state index contributed by atoms with van der Waals surface area (Å²) in [6.45, 7) is 1.68. The second kappa shape index (κ2) is 11.5. The summed E-state index contributed by atoms with van der Waals surface area (Å²) in [5.41, 5.74) is 9.24. The number of aromatic nitrogens is 2. The maximum atomic E-state index is 13.1. The van der Waals surface area contributed by atoms with Gasteiger partial charge in [-0.2, -0.15) is 10.5 Å². The van der Waals surface area contributed by atoms with Crippen LogP contribution in [0.4, 0.5) is 11.5 Å². The maximum Gasteiger partial charge on any atom is 0.336 e. The van der Waals surface area contributed by atoms with Gasteiger partial charge in [-0.1, -0.05) is 48.2 Å². The van der Waals surface area contributed by atoms with E-state index in [0.29, 0.717) is 38.3 Å². The van der Waals surface area contributed by atoms with Crippen molar-refractivity contribution in [2.75, 3.05) is 11.1 Å². The fraction of sp³-hybridized carbons (Fsp3) is 0.0667. The van der Waals surface area contributed by atoms with E-state index in [2.05, 4.69) is 21.4 Å². The maximum absolute atomic E-state index is 13.1. The first-order valence-corrected chi connectivity index (χ1v) is 13.9. The SMILES string of the molecule is CC(Sc1nc(N)c(C#N)c(-c2cccs2)c1C#N)C(=O)Nc1ccc(-c2cc(C(=O)O)c3ccccc3n2)cc1. The lowest BCUT2D eigenvalue weighted by Crippen LogP contribution is -2.22. The molecule has 0 aliphatic heterocycles. The van der Waals surface area contributed by atoms with Gasteiger partial charge in [0, 0.05) is 27.1 Å². The minimum atomic E-state index is -1.04. The number of amides is 1.